The van der Waals surface area contributed by atoms with Gasteiger partial charge in [0.15, 0.2) is 5.82 Å². The molecule has 0 saturated carbocycles. The maximum absolute atomic E-state index is 10.9. The highest BCUT2D eigenvalue weighted by Crippen LogP contribution is 2.34. The quantitative estimate of drug-likeness (QED) is 0.397. The average Bonchev–Trinajstić information content (AvgIpc) is 3.14. The standard InChI is InChI=1S/C20H14N4O2S/c25-20(26)15-8-6-13(7-9-15)11-23-24-18-16-10-17(14-4-2-1-3-5-14)27-19(16)22-12-21-18/h1-12H,(H,25,26)(H,21,22,24)/b23-11+. The lowest BCUT2D eigenvalue weighted by molar-refractivity contribution is 0.0697. The summed E-state index contributed by atoms with van der Waals surface area (Å²) in [6.45, 7) is 0. The molecule has 0 amide bonds. The van der Waals surface area contributed by atoms with Crippen LogP contribution in [0.2, 0.25) is 0 Å². The minimum atomic E-state index is -0.952. The van der Waals surface area contributed by atoms with E-state index >= 15 is 0 Å². The van der Waals surface area contributed by atoms with Crippen LogP contribution in [0.3, 0.4) is 0 Å². The third-order valence-electron chi connectivity index (χ3n) is 3.93. The Hall–Kier alpha value is -3.58. The van der Waals surface area contributed by atoms with Gasteiger partial charge in [-0.2, -0.15) is 5.10 Å². The van der Waals surface area contributed by atoms with Crippen LogP contribution in [0, 0.1) is 0 Å². The normalized spacial score (nSPS) is 11.1. The molecule has 0 unspecified atom stereocenters. The summed E-state index contributed by atoms with van der Waals surface area (Å²) in [5.41, 5.74) is 5.11. The van der Waals surface area contributed by atoms with Crippen molar-refractivity contribution in [1.82, 2.24) is 9.97 Å². The van der Waals surface area contributed by atoms with Crippen LogP contribution in [-0.2, 0) is 0 Å². The zero-order chi connectivity index (χ0) is 18.6. The van der Waals surface area contributed by atoms with E-state index in [4.69, 9.17) is 5.11 Å². The van der Waals surface area contributed by atoms with Gasteiger partial charge in [-0.15, -0.1) is 11.3 Å². The molecule has 2 aromatic carbocycles. The zero-order valence-electron chi connectivity index (χ0n) is 14.0. The van der Waals surface area contributed by atoms with E-state index in [0.717, 1.165) is 26.2 Å². The van der Waals surface area contributed by atoms with E-state index in [-0.39, 0.29) is 5.56 Å². The van der Waals surface area contributed by atoms with Crippen molar-refractivity contribution in [2.24, 2.45) is 5.10 Å². The Morgan fingerprint density at radius 2 is 1.85 bits per heavy atom. The monoisotopic (exact) mass is 374 g/mol. The number of nitrogens with one attached hydrogen (secondary N) is 1. The number of rotatable bonds is 5. The summed E-state index contributed by atoms with van der Waals surface area (Å²) >= 11 is 1.60. The molecular formula is C20H14N4O2S. The van der Waals surface area contributed by atoms with Gasteiger partial charge in [0.25, 0.3) is 0 Å². The maximum atomic E-state index is 10.9. The molecule has 7 heteroatoms. The van der Waals surface area contributed by atoms with E-state index in [1.165, 1.54) is 18.5 Å². The first-order valence-electron chi connectivity index (χ1n) is 8.13. The molecule has 27 heavy (non-hydrogen) atoms. The number of aromatic nitrogens is 2. The Labute approximate surface area is 158 Å². The zero-order valence-corrected chi connectivity index (χ0v) is 14.9. The second-order valence-electron chi connectivity index (χ2n) is 5.71. The first-order chi connectivity index (χ1) is 13.2. The minimum Gasteiger partial charge on any atom is -0.478 e. The average molecular weight is 374 g/mol. The molecule has 0 atom stereocenters. The maximum Gasteiger partial charge on any atom is 0.335 e. The number of carboxylic acids is 1. The Morgan fingerprint density at radius 3 is 2.59 bits per heavy atom. The van der Waals surface area contributed by atoms with Gasteiger partial charge in [-0.05, 0) is 29.3 Å². The van der Waals surface area contributed by atoms with Crippen LogP contribution in [0.5, 0.6) is 0 Å². The first kappa shape index (κ1) is 16.9. The van der Waals surface area contributed by atoms with Crippen molar-refractivity contribution in [2.45, 2.75) is 0 Å². The third-order valence-corrected chi connectivity index (χ3v) is 5.02. The predicted molar refractivity (Wildman–Crippen MR) is 107 cm³/mol. The molecule has 6 nitrogen and oxygen atoms in total. The van der Waals surface area contributed by atoms with Crippen LogP contribution in [0.15, 0.2) is 72.1 Å². The van der Waals surface area contributed by atoms with Gasteiger partial charge >= 0.3 is 5.97 Å². The molecule has 4 rings (SSSR count). The Kier molecular flexibility index (Phi) is 4.59. The second-order valence-corrected chi connectivity index (χ2v) is 6.75. The van der Waals surface area contributed by atoms with Gasteiger partial charge in [-0.1, -0.05) is 42.5 Å². The first-order valence-corrected chi connectivity index (χ1v) is 8.95. The second kappa shape index (κ2) is 7.35. The number of thiophene rings is 1. The number of hydrogen-bond acceptors (Lipinski definition) is 6. The molecule has 0 spiro atoms. The van der Waals surface area contributed by atoms with E-state index in [1.807, 2.05) is 18.2 Å². The topological polar surface area (TPSA) is 87.5 Å². The van der Waals surface area contributed by atoms with E-state index in [9.17, 15) is 4.79 Å². The van der Waals surface area contributed by atoms with E-state index in [0.29, 0.717) is 5.82 Å². The molecule has 0 radical (unpaired) electrons. The number of hydrogen-bond donors (Lipinski definition) is 2. The molecule has 2 N–H and O–H groups in total. The lowest BCUT2D eigenvalue weighted by Gasteiger charge is -2.00. The molecule has 0 aliphatic carbocycles. The fraction of sp³-hybridized carbons (Fsp3) is 0. The number of carbonyl (C=O) groups is 1. The Balaban J connectivity index is 1.57. The molecule has 0 saturated heterocycles. The van der Waals surface area contributed by atoms with Crippen molar-refractivity contribution in [3.8, 4) is 10.4 Å². The van der Waals surface area contributed by atoms with Gasteiger partial charge < -0.3 is 5.11 Å². The highest BCUT2D eigenvalue weighted by molar-refractivity contribution is 7.21. The molecule has 2 heterocycles. The van der Waals surface area contributed by atoms with Gasteiger partial charge in [0.05, 0.1) is 17.2 Å². The van der Waals surface area contributed by atoms with Crippen LogP contribution in [0.1, 0.15) is 15.9 Å². The summed E-state index contributed by atoms with van der Waals surface area (Å²) in [5, 5.41) is 14.0. The van der Waals surface area contributed by atoms with Crippen molar-refractivity contribution in [3.63, 3.8) is 0 Å². The van der Waals surface area contributed by atoms with E-state index in [2.05, 4.69) is 38.7 Å². The largest absolute Gasteiger partial charge is 0.478 e. The Bertz CT molecular complexity index is 1120. The summed E-state index contributed by atoms with van der Waals surface area (Å²) in [6, 6.07) is 18.6. The van der Waals surface area contributed by atoms with E-state index in [1.54, 1.807) is 29.7 Å². The number of nitrogens with zero attached hydrogens (tertiary/aromatic N) is 3. The molecule has 4 aromatic rings. The molecule has 0 bridgehead atoms. The van der Waals surface area contributed by atoms with E-state index < -0.39 is 5.97 Å². The lowest BCUT2D eigenvalue weighted by atomic mass is 10.1. The number of carboxylic acid groups (broad SMARTS) is 1. The van der Waals surface area contributed by atoms with Gasteiger partial charge in [0, 0.05) is 4.88 Å². The number of hydrazone groups is 1. The van der Waals surface area contributed by atoms with Gasteiger partial charge in [-0.3, -0.25) is 5.43 Å². The highest BCUT2D eigenvalue weighted by atomic mass is 32.1. The summed E-state index contributed by atoms with van der Waals surface area (Å²) in [5.74, 6) is -0.330. The number of fused-ring (bicyclic) bond motifs is 1. The highest BCUT2D eigenvalue weighted by Gasteiger charge is 2.09. The molecule has 0 fully saturated rings. The van der Waals surface area contributed by atoms with Crippen LogP contribution in [0.25, 0.3) is 20.7 Å². The lowest BCUT2D eigenvalue weighted by Crippen LogP contribution is -1.97. The van der Waals surface area contributed by atoms with Crippen LogP contribution >= 0.6 is 11.3 Å². The SMILES string of the molecule is O=C(O)c1ccc(/C=N/Nc2ncnc3sc(-c4ccccc4)cc23)cc1. The van der Waals surface area contributed by atoms with Crippen molar-refractivity contribution >= 4 is 39.6 Å². The number of aromatic carboxylic acids is 1. The van der Waals surface area contributed by atoms with Crippen LogP contribution in [-0.4, -0.2) is 27.3 Å². The fourth-order valence-electron chi connectivity index (χ4n) is 2.57. The number of benzene rings is 2. The predicted octanol–water partition coefficient (Wildman–Crippen LogP) is 4.50. The number of anilines is 1. The fourth-order valence-corrected chi connectivity index (χ4v) is 3.57. The Morgan fingerprint density at radius 1 is 1.07 bits per heavy atom. The summed E-state index contributed by atoms with van der Waals surface area (Å²) < 4.78 is 0. The molecule has 0 aliphatic heterocycles. The molecule has 132 valence electrons. The summed E-state index contributed by atoms with van der Waals surface area (Å²) in [6.07, 6.45) is 3.12. The smallest absolute Gasteiger partial charge is 0.335 e. The molecular weight excluding hydrogens is 360 g/mol. The van der Waals surface area contributed by atoms with Gasteiger partial charge in [0.2, 0.25) is 0 Å². The van der Waals surface area contributed by atoms with Crippen molar-refractivity contribution in [1.29, 1.82) is 0 Å². The third kappa shape index (κ3) is 3.68. The van der Waals surface area contributed by atoms with Crippen molar-refractivity contribution in [2.75, 3.05) is 5.43 Å². The van der Waals surface area contributed by atoms with Crippen LogP contribution in [0.4, 0.5) is 5.82 Å². The minimum absolute atomic E-state index is 0.240. The summed E-state index contributed by atoms with van der Waals surface area (Å²) in [4.78, 5) is 21.5. The van der Waals surface area contributed by atoms with Gasteiger partial charge in [-0.25, -0.2) is 14.8 Å². The van der Waals surface area contributed by atoms with Crippen molar-refractivity contribution in [3.05, 3.63) is 78.1 Å². The molecule has 2 aromatic heterocycles. The van der Waals surface area contributed by atoms with Gasteiger partial charge in [0.1, 0.15) is 11.2 Å². The molecule has 0 aliphatic rings. The van der Waals surface area contributed by atoms with Crippen molar-refractivity contribution < 1.29 is 9.90 Å². The summed E-state index contributed by atoms with van der Waals surface area (Å²) in [7, 11) is 0. The van der Waals surface area contributed by atoms with Crippen LogP contribution < -0.4 is 5.43 Å².